The molecule has 1 fully saturated rings. The van der Waals surface area contributed by atoms with Gasteiger partial charge in [-0.25, -0.2) is 8.78 Å². The summed E-state index contributed by atoms with van der Waals surface area (Å²) < 4.78 is 33.4. The van der Waals surface area contributed by atoms with Gasteiger partial charge in [0.2, 0.25) is 0 Å². The Kier molecular flexibility index (Phi) is 4.22. The highest BCUT2D eigenvalue weighted by Gasteiger charge is 2.25. The van der Waals surface area contributed by atoms with Crippen LogP contribution in [-0.4, -0.2) is 18.2 Å². The molecule has 0 radical (unpaired) electrons. The quantitative estimate of drug-likeness (QED) is 0.886. The molecule has 1 aliphatic heterocycles. The highest BCUT2D eigenvalue weighted by atomic mass is 79.9. The lowest BCUT2D eigenvalue weighted by atomic mass is 9.99. The third-order valence-electron chi connectivity index (χ3n) is 3.05. The van der Waals surface area contributed by atoms with E-state index in [1.54, 1.807) is 0 Å². The molecule has 18 heavy (non-hydrogen) atoms. The lowest BCUT2D eigenvalue weighted by Gasteiger charge is -2.33. The summed E-state index contributed by atoms with van der Waals surface area (Å²) in [5.41, 5.74) is -0.0514. The van der Waals surface area contributed by atoms with Crippen molar-refractivity contribution in [1.29, 1.82) is 0 Å². The van der Waals surface area contributed by atoms with Gasteiger partial charge in [0, 0.05) is 10.5 Å². The Morgan fingerprint density at radius 2 is 1.67 bits per heavy atom. The molecule has 2 nitrogen and oxygen atoms in total. The maximum atomic E-state index is 13.7. The minimum Gasteiger partial charge on any atom is -0.377 e. The molecule has 2 atom stereocenters. The fraction of sp³-hybridized carbons (Fsp3) is 0.538. The van der Waals surface area contributed by atoms with Crippen molar-refractivity contribution in [3.8, 4) is 0 Å². The molecule has 5 heteroatoms. The minimum atomic E-state index is -0.575. The molecule has 0 spiro atoms. The van der Waals surface area contributed by atoms with E-state index in [2.05, 4.69) is 21.2 Å². The van der Waals surface area contributed by atoms with Crippen LogP contribution in [0, 0.1) is 11.6 Å². The van der Waals surface area contributed by atoms with Gasteiger partial charge >= 0.3 is 0 Å². The number of hydrogen-bond acceptors (Lipinski definition) is 2. The van der Waals surface area contributed by atoms with E-state index in [1.807, 2.05) is 13.8 Å². The van der Waals surface area contributed by atoms with E-state index in [0.717, 1.165) is 12.8 Å². The Hall–Kier alpha value is -0.680. The van der Waals surface area contributed by atoms with E-state index in [9.17, 15) is 8.78 Å². The summed E-state index contributed by atoms with van der Waals surface area (Å²) in [6, 6.07) is 2.56. The lowest BCUT2D eigenvalue weighted by Crippen LogP contribution is -2.37. The van der Waals surface area contributed by atoms with E-state index in [0.29, 0.717) is 4.47 Å². The number of anilines is 1. The second kappa shape index (κ2) is 5.53. The van der Waals surface area contributed by atoms with Crippen molar-refractivity contribution in [2.45, 2.75) is 44.9 Å². The zero-order valence-electron chi connectivity index (χ0n) is 10.3. The van der Waals surface area contributed by atoms with Gasteiger partial charge in [-0.2, -0.15) is 0 Å². The van der Waals surface area contributed by atoms with Crippen LogP contribution in [0.4, 0.5) is 14.5 Å². The van der Waals surface area contributed by atoms with Gasteiger partial charge in [0.1, 0.15) is 17.3 Å². The molecule has 1 aromatic rings. The first-order chi connectivity index (χ1) is 8.45. The third kappa shape index (κ3) is 3.20. The van der Waals surface area contributed by atoms with Crippen molar-refractivity contribution < 1.29 is 13.5 Å². The average molecular weight is 320 g/mol. The Morgan fingerprint density at radius 3 is 2.17 bits per heavy atom. The molecule has 0 bridgehead atoms. The molecule has 0 aromatic heterocycles. The third-order valence-corrected chi connectivity index (χ3v) is 3.51. The molecule has 1 aliphatic rings. The number of hydrogen-bond donors (Lipinski definition) is 1. The van der Waals surface area contributed by atoms with Crippen LogP contribution in [0.1, 0.15) is 26.7 Å². The predicted octanol–water partition coefficient (Wildman–Crippen LogP) is 4.10. The largest absolute Gasteiger partial charge is 0.377 e. The molecular weight excluding hydrogens is 304 g/mol. The van der Waals surface area contributed by atoms with Crippen LogP contribution in [0.15, 0.2) is 16.6 Å². The fourth-order valence-electron chi connectivity index (χ4n) is 2.41. The van der Waals surface area contributed by atoms with Gasteiger partial charge in [0.25, 0.3) is 0 Å². The van der Waals surface area contributed by atoms with Crippen LogP contribution < -0.4 is 5.32 Å². The summed E-state index contributed by atoms with van der Waals surface area (Å²) in [5.74, 6) is -1.15. The summed E-state index contributed by atoms with van der Waals surface area (Å²) in [6.07, 6.45) is 1.71. The van der Waals surface area contributed by atoms with Crippen LogP contribution in [0.25, 0.3) is 0 Å². The molecular formula is C13H16BrF2NO. The van der Waals surface area contributed by atoms with E-state index >= 15 is 0 Å². The summed E-state index contributed by atoms with van der Waals surface area (Å²) in [5, 5.41) is 2.95. The van der Waals surface area contributed by atoms with E-state index in [1.165, 1.54) is 12.1 Å². The summed E-state index contributed by atoms with van der Waals surface area (Å²) in [6.45, 7) is 3.94. The van der Waals surface area contributed by atoms with Crippen LogP contribution >= 0.6 is 15.9 Å². The zero-order chi connectivity index (χ0) is 13.3. The first-order valence-electron chi connectivity index (χ1n) is 6.02. The fourth-order valence-corrected chi connectivity index (χ4v) is 2.81. The Morgan fingerprint density at radius 1 is 1.17 bits per heavy atom. The van der Waals surface area contributed by atoms with Crippen LogP contribution in [0.5, 0.6) is 0 Å². The van der Waals surface area contributed by atoms with Crippen molar-refractivity contribution in [3.63, 3.8) is 0 Å². The van der Waals surface area contributed by atoms with E-state index in [-0.39, 0.29) is 23.9 Å². The summed E-state index contributed by atoms with van der Waals surface area (Å²) in [7, 11) is 0. The van der Waals surface area contributed by atoms with Gasteiger partial charge in [0.15, 0.2) is 0 Å². The Bertz CT molecular complexity index is 408. The maximum absolute atomic E-state index is 13.7. The number of ether oxygens (including phenoxy) is 1. The highest BCUT2D eigenvalue weighted by molar-refractivity contribution is 9.10. The monoisotopic (exact) mass is 319 g/mol. The molecule has 1 heterocycles. The van der Waals surface area contributed by atoms with Gasteiger partial charge < -0.3 is 10.1 Å². The maximum Gasteiger partial charge on any atom is 0.150 e. The lowest BCUT2D eigenvalue weighted by molar-refractivity contribution is -0.0338. The molecule has 1 aromatic carbocycles. The van der Waals surface area contributed by atoms with Gasteiger partial charge in [0.05, 0.1) is 12.2 Å². The van der Waals surface area contributed by atoms with Crippen LogP contribution in [0.2, 0.25) is 0 Å². The normalized spacial score (nSPS) is 28.2. The molecule has 1 N–H and O–H groups in total. The second-order valence-electron chi connectivity index (χ2n) is 4.81. The summed E-state index contributed by atoms with van der Waals surface area (Å²) in [4.78, 5) is 0. The van der Waals surface area contributed by atoms with Gasteiger partial charge in [-0.05, 0) is 38.8 Å². The smallest absolute Gasteiger partial charge is 0.150 e. The van der Waals surface area contributed by atoms with Crippen molar-refractivity contribution in [3.05, 3.63) is 28.2 Å². The van der Waals surface area contributed by atoms with Crippen LogP contribution in [0.3, 0.4) is 0 Å². The molecule has 2 rings (SSSR count). The molecule has 100 valence electrons. The molecule has 0 aliphatic carbocycles. The van der Waals surface area contributed by atoms with Crippen molar-refractivity contribution >= 4 is 21.6 Å². The van der Waals surface area contributed by atoms with Crippen molar-refractivity contribution in [2.24, 2.45) is 0 Å². The standard InChI is InChI=1S/C13H16BrF2NO/c1-7-3-10(4-8(2)18-7)17-13-11(15)5-9(14)6-12(13)16/h5-8,10,17H,3-4H2,1-2H3. The van der Waals surface area contributed by atoms with E-state index in [4.69, 9.17) is 4.74 Å². The topological polar surface area (TPSA) is 21.3 Å². The molecule has 1 saturated heterocycles. The Labute approximate surface area is 114 Å². The summed E-state index contributed by atoms with van der Waals surface area (Å²) >= 11 is 3.06. The SMILES string of the molecule is CC1CC(Nc2c(F)cc(Br)cc2F)CC(C)O1. The van der Waals surface area contributed by atoms with Crippen molar-refractivity contribution in [1.82, 2.24) is 0 Å². The van der Waals surface area contributed by atoms with Gasteiger partial charge in [-0.15, -0.1) is 0 Å². The zero-order valence-corrected chi connectivity index (χ0v) is 11.9. The first kappa shape index (κ1) is 13.7. The minimum absolute atomic E-state index is 0.0360. The molecule has 0 saturated carbocycles. The highest BCUT2D eigenvalue weighted by Crippen LogP contribution is 2.28. The number of rotatable bonds is 2. The number of nitrogens with one attached hydrogen (secondary N) is 1. The first-order valence-corrected chi connectivity index (χ1v) is 6.81. The molecule has 0 amide bonds. The van der Waals surface area contributed by atoms with Crippen molar-refractivity contribution in [2.75, 3.05) is 5.32 Å². The van der Waals surface area contributed by atoms with Gasteiger partial charge in [-0.1, -0.05) is 15.9 Å². The van der Waals surface area contributed by atoms with E-state index < -0.39 is 11.6 Å². The predicted molar refractivity (Wildman–Crippen MR) is 70.7 cm³/mol. The van der Waals surface area contributed by atoms with Crippen LogP contribution in [-0.2, 0) is 4.74 Å². The number of halogens is 3. The Balaban J connectivity index is 2.14. The second-order valence-corrected chi connectivity index (χ2v) is 5.73. The number of benzene rings is 1. The average Bonchev–Trinajstić information content (AvgIpc) is 2.22. The van der Waals surface area contributed by atoms with Gasteiger partial charge in [-0.3, -0.25) is 0 Å². The molecule has 2 unspecified atom stereocenters.